The van der Waals surface area contributed by atoms with Gasteiger partial charge < -0.3 is 9.90 Å². The first-order chi connectivity index (χ1) is 10.9. The molecule has 0 aromatic rings. The van der Waals surface area contributed by atoms with E-state index in [-0.39, 0.29) is 18.0 Å². The third-order valence-corrected chi connectivity index (χ3v) is 4.43. The summed E-state index contributed by atoms with van der Waals surface area (Å²) in [6.45, 7) is 5.10. The minimum atomic E-state index is -0.845. The van der Waals surface area contributed by atoms with Crippen LogP contribution in [0.1, 0.15) is 91.4 Å². The van der Waals surface area contributed by atoms with E-state index in [0.717, 1.165) is 19.3 Å². The highest BCUT2D eigenvalue weighted by atomic mass is 16.4. The van der Waals surface area contributed by atoms with Crippen LogP contribution < -0.4 is 0 Å². The zero-order valence-corrected chi connectivity index (χ0v) is 15.1. The second-order valence-electron chi connectivity index (χ2n) is 6.75. The first-order valence-electron chi connectivity index (χ1n) is 9.11. The van der Waals surface area contributed by atoms with Crippen molar-refractivity contribution >= 4 is 17.5 Å². The zero-order chi connectivity index (χ0) is 17.7. The van der Waals surface area contributed by atoms with Crippen LogP contribution in [0.5, 0.6) is 0 Å². The normalized spacial score (nSPS) is 13.5. The molecule has 0 saturated heterocycles. The largest absolute Gasteiger partial charge is 0.481 e. The van der Waals surface area contributed by atoms with E-state index < -0.39 is 17.8 Å². The van der Waals surface area contributed by atoms with Crippen LogP contribution >= 0.6 is 0 Å². The minimum Gasteiger partial charge on any atom is -0.481 e. The van der Waals surface area contributed by atoms with Crippen LogP contribution in [0.4, 0.5) is 0 Å². The average molecular weight is 326 g/mol. The molecule has 0 bridgehead atoms. The monoisotopic (exact) mass is 326 g/mol. The molecule has 134 valence electrons. The maximum Gasteiger partial charge on any atom is 0.306 e. The Labute approximate surface area is 141 Å². The van der Waals surface area contributed by atoms with Crippen LogP contribution in [-0.2, 0) is 14.4 Å². The Bertz CT molecular complexity index is 362. The fraction of sp³-hybridized carbons (Fsp3) is 0.842. The predicted octanol–water partition coefficient (Wildman–Crippen LogP) is 4.79. The van der Waals surface area contributed by atoms with Crippen LogP contribution in [0.15, 0.2) is 0 Å². The molecule has 0 aromatic carbocycles. The molecule has 1 N–H and O–H groups in total. The van der Waals surface area contributed by atoms with Gasteiger partial charge in [0.15, 0.2) is 0 Å². The summed E-state index contributed by atoms with van der Waals surface area (Å²) in [6.07, 6.45) is 10.5. The minimum absolute atomic E-state index is 0.0542. The lowest BCUT2D eigenvalue weighted by molar-refractivity contribution is -0.143. The van der Waals surface area contributed by atoms with Gasteiger partial charge in [0.25, 0.3) is 0 Å². The van der Waals surface area contributed by atoms with Gasteiger partial charge in [-0.3, -0.25) is 9.59 Å². The Morgan fingerprint density at radius 3 is 1.78 bits per heavy atom. The van der Waals surface area contributed by atoms with Gasteiger partial charge in [0.2, 0.25) is 0 Å². The number of Topliss-reactive ketones (excluding diaryl/α,β-unsaturated/α-hetero) is 2. The SMILES string of the molecule is CCCCCCCCCCC(CC(CC(C)=O)C(C)=O)C(=O)O. The van der Waals surface area contributed by atoms with Crippen molar-refractivity contribution in [2.24, 2.45) is 11.8 Å². The fourth-order valence-corrected chi connectivity index (χ4v) is 2.95. The van der Waals surface area contributed by atoms with Crippen molar-refractivity contribution in [1.29, 1.82) is 0 Å². The van der Waals surface area contributed by atoms with Crippen molar-refractivity contribution < 1.29 is 19.5 Å². The quantitative estimate of drug-likeness (QED) is 0.439. The lowest BCUT2D eigenvalue weighted by Gasteiger charge is -2.18. The Morgan fingerprint density at radius 2 is 1.35 bits per heavy atom. The molecular formula is C19H34O4. The molecule has 0 radical (unpaired) electrons. The maximum absolute atomic E-state index is 11.6. The summed E-state index contributed by atoms with van der Waals surface area (Å²) in [5.74, 6) is -1.93. The Balaban J connectivity index is 4.08. The average Bonchev–Trinajstić information content (AvgIpc) is 2.46. The van der Waals surface area contributed by atoms with E-state index in [1.54, 1.807) is 0 Å². The molecule has 0 aliphatic rings. The second kappa shape index (κ2) is 13.3. The summed E-state index contributed by atoms with van der Waals surface area (Å²) >= 11 is 0. The summed E-state index contributed by atoms with van der Waals surface area (Å²) in [4.78, 5) is 34.2. The van der Waals surface area contributed by atoms with E-state index in [2.05, 4.69) is 6.92 Å². The lowest BCUT2D eigenvalue weighted by Crippen LogP contribution is -2.23. The van der Waals surface area contributed by atoms with Crippen molar-refractivity contribution in [3.05, 3.63) is 0 Å². The number of hydrogen-bond acceptors (Lipinski definition) is 3. The smallest absolute Gasteiger partial charge is 0.306 e. The van der Waals surface area contributed by atoms with E-state index in [0.29, 0.717) is 12.8 Å². The Morgan fingerprint density at radius 1 is 0.826 bits per heavy atom. The summed E-state index contributed by atoms with van der Waals surface area (Å²) in [7, 11) is 0. The van der Waals surface area contributed by atoms with Gasteiger partial charge in [0.1, 0.15) is 11.6 Å². The molecule has 0 amide bonds. The second-order valence-corrected chi connectivity index (χ2v) is 6.75. The first kappa shape index (κ1) is 21.8. The standard InChI is InChI=1S/C19H34O4/c1-4-5-6-7-8-9-10-11-12-17(19(22)23)14-18(16(3)21)13-15(2)20/h17-18H,4-14H2,1-3H3,(H,22,23). The van der Waals surface area contributed by atoms with Gasteiger partial charge in [-0.25, -0.2) is 0 Å². The highest BCUT2D eigenvalue weighted by molar-refractivity contribution is 5.86. The van der Waals surface area contributed by atoms with Crippen LogP contribution in [0.2, 0.25) is 0 Å². The first-order valence-corrected chi connectivity index (χ1v) is 9.11. The fourth-order valence-electron chi connectivity index (χ4n) is 2.95. The molecule has 0 aliphatic heterocycles. The van der Waals surface area contributed by atoms with Crippen molar-refractivity contribution in [1.82, 2.24) is 0 Å². The number of aliphatic carboxylic acids is 1. The lowest BCUT2D eigenvalue weighted by atomic mass is 9.85. The molecule has 23 heavy (non-hydrogen) atoms. The molecule has 0 aliphatic carbocycles. The van der Waals surface area contributed by atoms with Crippen LogP contribution in [-0.4, -0.2) is 22.6 Å². The van der Waals surface area contributed by atoms with Gasteiger partial charge in [-0.2, -0.15) is 0 Å². The van der Waals surface area contributed by atoms with E-state index >= 15 is 0 Å². The number of ketones is 2. The summed E-state index contributed by atoms with van der Waals surface area (Å²) in [5.41, 5.74) is 0. The third kappa shape index (κ3) is 12.0. The van der Waals surface area contributed by atoms with Crippen LogP contribution in [0.25, 0.3) is 0 Å². The summed E-state index contributed by atoms with van der Waals surface area (Å²) in [5, 5.41) is 9.34. The number of carbonyl (C=O) groups excluding carboxylic acids is 2. The van der Waals surface area contributed by atoms with Gasteiger partial charge >= 0.3 is 5.97 Å². The van der Waals surface area contributed by atoms with Crippen LogP contribution in [0, 0.1) is 11.8 Å². The topological polar surface area (TPSA) is 71.4 Å². The molecular weight excluding hydrogens is 292 g/mol. The van der Waals surface area contributed by atoms with E-state index in [9.17, 15) is 19.5 Å². The van der Waals surface area contributed by atoms with Gasteiger partial charge in [-0.15, -0.1) is 0 Å². The van der Waals surface area contributed by atoms with Crippen molar-refractivity contribution in [2.45, 2.75) is 91.4 Å². The molecule has 0 heterocycles. The van der Waals surface area contributed by atoms with Crippen molar-refractivity contribution in [3.8, 4) is 0 Å². The van der Waals surface area contributed by atoms with E-state index in [4.69, 9.17) is 0 Å². The maximum atomic E-state index is 11.6. The van der Waals surface area contributed by atoms with Gasteiger partial charge in [-0.05, 0) is 26.7 Å². The number of carboxylic acid groups (broad SMARTS) is 1. The highest BCUT2D eigenvalue weighted by Crippen LogP contribution is 2.23. The molecule has 0 rings (SSSR count). The number of carboxylic acids is 1. The predicted molar refractivity (Wildman–Crippen MR) is 92.4 cm³/mol. The molecule has 2 atom stereocenters. The van der Waals surface area contributed by atoms with Crippen molar-refractivity contribution in [3.63, 3.8) is 0 Å². The van der Waals surface area contributed by atoms with Gasteiger partial charge in [0.05, 0.1) is 5.92 Å². The Hall–Kier alpha value is -1.19. The zero-order valence-electron chi connectivity index (χ0n) is 15.1. The molecule has 2 unspecified atom stereocenters. The number of carbonyl (C=O) groups is 3. The molecule has 0 fully saturated rings. The van der Waals surface area contributed by atoms with Gasteiger partial charge in [-0.1, -0.05) is 58.3 Å². The summed E-state index contributed by atoms with van der Waals surface area (Å²) < 4.78 is 0. The molecule has 4 nitrogen and oxygen atoms in total. The Kier molecular flexibility index (Phi) is 12.6. The number of unbranched alkanes of at least 4 members (excludes halogenated alkanes) is 7. The highest BCUT2D eigenvalue weighted by Gasteiger charge is 2.25. The molecule has 4 heteroatoms. The van der Waals surface area contributed by atoms with Crippen LogP contribution in [0.3, 0.4) is 0 Å². The molecule has 0 aromatic heterocycles. The number of hydrogen-bond donors (Lipinski definition) is 1. The summed E-state index contributed by atoms with van der Waals surface area (Å²) in [6, 6.07) is 0. The molecule has 0 saturated carbocycles. The van der Waals surface area contributed by atoms with E-state index in [1.165, 1.54) is 46.0 Å². The molecule has 0 spiro atoms. The van der Waals surface area contributed by atoms with Crippen molar-refractivity contribution in [2.75, 3.05) is 0 Å². The van der Waals surface area contributed by atoms with Gasteiger partial charge in [0, 0.05) is 12.3 Å². The third-order valence-electron chi connectivity index (χ3n) is 4.43. The van der Waals surface area contributed by atoms with E-state index in [1.807, 2.05) is 0 Å². The number of rotatable bonds is 15.